The van der Waals surface area contributed by atoms with Crippen LogP contribution in [0.5, 0.6) is 0 Å². The number of nitrogens with zero attached hydrogens (tertiary/aromatic N) is 2. The van der Waals surface area contributed by atoms with Gasteiger partial charge in [0.2, 0.25) is 5.91 Å². The molecule has 130 valence electrons. The lowest BCUT2D eigenvalue weighted by molar-refractivity contribution is -0.117. The summed E-state index contributed by atoms with van der Waals surface area (Å²) < 4.78 is 26.5. The molecule has 2 saturated heterocycles. The first-order valence-electron chi connectivity index (χ1n) is 8.56. The molecule has 0 N–H and O–H groups in total. The Morgan fingerprint density at radius 3 is 2.56 bits per heavy atom. The van der Waals surface area contributed by atoms with Crippen LogP contribution >= 0.6 is 0 Å². The van der Waals surface area contributed by atoms with Crippen LogP contribution in [0.25, 0.3) is 0 Å². The third-order valence-electron chi connectivity index (χ3n) is 5.28. The normalized spacial score (nSPS) is 23.8. The van der Waals surface area contributed by atoms with Crippen molar-refractivity contribution in [3.8, 4) is 0 Å². The molecule has 1 atom stereocenters. The lowest BCUT2D eigenvalue weighted by Gasteiger charge is -2.24. The quantitative estimate of drug-likeness (QED) is 0.851. The Labute approximate surface area is 145 Å². The molecule has 1 amide bonds. The standard InChI is InChI=1S/C20H20F2N2O/c21-16-6-4-15(5-7-16)12-23-9-8-20(13-23)11-19(25)24(14-20)18-3-1-2-17(22)10-18/h1-7,10H,8-9,11-14H2/t20-/m1/s1. The molecule has 0 unspecified atom stereocenters. The highest BCUT2D eigenvalue weighted by Crippen LogP contribution is 2.42. The molecule has 4 rings (SSSR count). The second-order valence-corrected chi connectivity index (χ2v) is 7.22. The summed E-state index contributed by atoms with van der Waals surface area (Å²) in [6.07, 6.45) is 1.45. The van der Waals surface area contributed by atoms with Gasteiger partial charge in [0.25, 0.3) is 0 Å². The second kappa shape index (κ2) is 6.23. The van der Waals surface area contributed by atoms with Crippen LogP contribution in [0.1, 0.15) is 18.4 Å². The van der Waals surface area contributed by atoms with E-state index in [1.165, 1.54) is 24.3 Å². The average molecular weight is 342 g/mol. The smallest absolute Gasteiger partial charge is 0.227 e. The van der Waals surface area contributed by atoms with E-state index in [1.54, 1.807) is 29.2 Å². The van der Waals surface area contributed by atoms with Gasteiger partial charge in [-0.3, -0.25) is 9.69 Å². The van der Waals surface area contributed by atoms with Crippen molar-refractivity contribution in [2.75, 3.05) is 24.5 Å². The van der Waals surface area contributed by atoms with E-state index in [0.717, 1.165) is 31.6 Å². The average Bonchev–Trinajstić information content (AvgIpc) is 3.12. The number of likely N-dealkylation sites (tertiary alicyclic amines) is 1. The summed E-state index contributed by atoms with van der Waals surface area (Å²) in [6, 6.07) is 12.8. The van der Waals surface area contributed by atoms with Crippen molar-refractivity contribution >= 4 is 11.6 Å². The van der Waals surface area contributed by atoms with E-state index in [-0.39, 0.29) is 23.0 Å². The highest BCUT2D eigenvalue weighted by molar-refractivity contribution is 5.96. The summed E-state index contributed by atoms with van der Waals surface area (Å²) in [4.78, 5) is 16.5. The fourth-order valence-corrected chi connectivity index (χ4v) is 4.06. The summed E-state index contributed by atoms with van der Waals surface area (Å²) in [5, 5.41) is 0. The van der Waals surface area contributed by atoms with E-state index in [0.29, 0.717) is 18.7 Å². The Balaban J connectivity index is 1.45. The number of halogens is 2. The van der Waals surface area contributed by atoms with Crippen LogP contribution in [-0.4, -0.2) is 30.4 Å². The van der Waals surface area contributed by atoms with E-state index < -0.39 is 0 Å². The molecule has 2 aromatic rings. The van der Waals surface area contributed by atoms with Crippen molar-refractivity contribution < 1.29 is 13.6 Å². The third kappa shape index (κ3) is 3.29. The molecule has 0 radical (unpaired) electrons. The Bertz CT molecular complexity index is 793. The first-order chi connectivity index (χ1) is 12.0. The van der Waals surface area contributed by atoms with Gasteiger partial charge in [-0.05, 0) is 48.9 Å². The zero-order chi connectivity index (χ0) is 17.4. The molecule has 0 aliphatic carbocycles. The molecule has 1 spiro atoms. The monoisotopic (exact) mass is 342 g/mol. The van der Waals surface area contributed by atoms with Crippen molar-refractivity contribution in [1.29, 1.82) is 0 Å². The summed E-state index contributed by atoms with van der Waals surface area (Å²) in [7, 11) is 0. The van der Waals surface area contributed by atoms with Gasteiger partial charge in [0, 0.05) is 37.2 Å². The van der Waals surface area contributed by atoms with Gasteiger partial charge in [-0.2, -0.15) is 0 Å². The van der Waals surface area contributed by atoms with Gasteiger partial charge in [-0.25, -0.2) is 8.78 Å². The highest BCUT2D eigenvalue weighted by Gasteiger charge is 2.47. The van der Waals surface area contributed by atoms with Crippen molar-refractivity contribution in [3.63, 3.8) is 0 Å². The number of hydrogen-bond donors (Lipinski definition) is 0. The maximum atomic E-state index is 13.5. The summed E-state index contributed by atoms with van der Waals surface area (Å²) in [5.74, 6) is -0.487. The van der Waals surface area contributed by atoms with Gasteiger partial charge in [-0.1, -0.05) is 18.2 Å². The second-order valence-electron chi connectivity index (χ2n) is 7.22. The van der Waals surface area contributed by atoms with Crippen LogP contribution in [0.3, 0.4) is 0 Å². The summed E-state index contributed by atoms with van der Waals surface area (Å²) >= 11 is 0. The first-order valence-corrected chi connectivity index (χ1v) is 8.56. The molecule has 0 bridgehead atoms. The molecular formula is C20H20F2N2O. The van der Waals surface area contributed by atoms with E-state index in [4.69, 9.17) is 0 Å². The van der Waals surface area contributed by atoms with E-state index in [1.807, 2.05) is 0 Å². The minimum Gasteiger partial charge on any atom is -0.312 e. The van der Waals surface area contributed by atoms with E-state index in [9.17, 15) is 13.6 Å². The largest absolute Gasteiger partial charge is 0.312 e. The van der Waals surface area contributed by atoms with Crippen LogP contribution < -0.4 is 4.90 Å². The van der Waals surface area contributed by atoms with Crippen molar-refractivity contribution in [3.05, 3.63) is 65.7 Å². The van der Waals surface area contributed by atoms with Gasteiger partial charge >= 0.3 is 0 Å². The zero-order valence-corrected chi connectivity index (χ0v) is 13.9. The minimum atomic E-state index is -0.324. The van der Waals surface area contributed by atoms with E-state index >= 15 is 0 Å². The molecule has 2 fully saturated rings. The van der Waals surface area contributed by atoms with Crippen molar-refractivity contribution in [2.45, 2.75) is 19.4 Å². The van der Waals surface area contributed by atoms with Gasteiger partial charge in [0.1, 0.15) is 11.6 Å². The van der Waals surface area contributed by atoms with Gasteiger partial charge < -0.3 is 4.90 Å². The maximum absolute atomic E-state index is 13.5. The molecule has 3 nitrogen and oxygen atoms in total. The number of anilines is 1. The predicted molar refractivity (Wildman–Crippen MR) is 92.1 cm³/mol. The van der Waals surface area contributed by atoms with Crippen molar-refractivity contribution in [1.82, 2.24) is 4.90 Å². The van der Waals surface area contributed by atoms with Crippen LogP contribution in [-0.2, 0) is 11.3 Å². The fraction of sp³-hybridized carbons (Fsp3) is 0.350. The lowest BCUT2D eigenvalue weighted by atomic mass is 9.86. The number of hydrogen-bond acceptors (Lipinski definition) is 2. The molecule has 2 aromatic carbocycles. The lowest BCUT2D eigenvalue weighted by Crippen LogP contribution is -2.31. The maximum Gasteiger partial charge on any atom is 0.227 e. The number of benzene rings is 2. The topological polar surface area (TPSA) is 23.6 Å². The van der Waals surface area contributed by atoms with Crippen LogP contribution in [0, 0.1) is 17.0 Å². The van der Waals surface area contributed by atoms with Crippen LogP contribution in [0.4, 0.5) is 14.5 Å². The fourth-order valence-electron chi connectivity index (χ4n) is 4.06. The number of carbonyl (C=O) groups excluding carboxylic acids is 1. The van der Waals surface area contributed by atoms with Crippen LogP contribution in [0.2, 0.25) is 0 Å². The van der Waals surface area contributed by atoms with E-state index in [2.05, 4.69) is 4.90 Å². The zero-order valence-electron chi connectivity index (χ0n) is 13.9. The SMILES string of the molecule is O=C1C[C@@]2(CCN(Cc3ccc(F)cc3)C2)CN1c1cccc(F)c1. The van der Waals surface area contributed by atoms with Gasteiger partial charge in [0.15, 0.2) is 0 Å². The van der Waals surface area contributed by atoms with Crippen LogP contribution in [0.15, 0.2) is 48.5 Å². The van der Waals surface area contributed by atoms with Gasteiger partial charge in [-0.15, -0.1) is 0 Å². The first kappa shape index (κ1) is 16.2. The predicted octanol–water partition coefficient (Wildman–Crippen LogP) is 3.59. The number of carbonyl (C=O) groups is 1. The summed E-state index contributed by atoms with van der Waals surface area (Å²) in [6.45, 7) is 3.15. The molecule has 2 heterocycles. The third-order valence-corrected chi connectivity index (χ3v) is 5.28. The number of rotatable bonds is 3. The Kier molecular flexibility index (Phi) is 4.04. The Morgan fingerprint density at radius 1 is 1.00 bits per heavy atom. The molecule has 2 aliphatic heterocycles. The van der Waals surface area contributed by atoms with Crippen molar-refractivity contribution in [2.24, 2.45) is 5.41 Å². The molecular weight excluding hydrogens is 322 g/mol. The van der Waals surface area contributed by atoms with Gasteiger partial charge in [0.05, 0.1) is 0 Å². The minimum absolute atomic E-state index is 0.0641. The molecule has 2 aliphatic rings. The Hall–Kier alpha value is -2.27. The Morgan fingerprint density at radius 2 is 1.80 bits per heavy atom. The molecule has 5 heteroatoms. The molecule has 0 saturated carbocycles. The molecule has 25 heavy (non-hydrogen) atoms. The summed E-state index contributed by atoms with van der Waals surface area (Å²) in [5.41, 5.74) is 1.65. The molecule has 0 aromatic heterocycles. The number of amides is 1. The highest BCUT2D eigenvalue weighted by atomic mass is 19.1.